The Hall–Kier alpha value is -1.58. The van der Waals surface area contributed by atoms with E-state index in [9.17, 15) is 9.59 Å². The van der Waals surface area contributed by atoms with Gasteiger partial charge in [0.1, 0.15) is 0 Å². The van der Waals surface area contributed by atoms with Crippen LogP contribution >= 0.6 is 0 Å². The Labute approximate surface area is 108 Å². The summed E-state index contributed by atoms with van der Waals surface area (Å²) in [6.07, 6.45) is 2.76. The number of carbonyl (C=O) groups excluding carboxylic acids is 2. The highest BCUT2D eigenvalue weighted by Crippen LogP contribution is 2.15. The molecule has 0 aliphatic heterocycles. The van der Waals surface area contributed by atoms with Crippen molar-refractivity contribution in [3.63, 3.8) is 0 Å². The molecule has 1 amide bonds. The van der Waals surface area contributed by atoms with Crippen LogP contribution in [0, 0.1) is 0 Å². The van der Waals surface area contributed by atoms with Gasteiger partial charge in [-0.3, -0.25) is 14.4 Å². The molecule has 0 bridgehead atoms. The predicted molar refractivity (Wildman–Crippen MR) is 67.5 cm³/mol. The second-order valence-electron chi connectivity index (χ2n) is 4.72. The van der Waals surface area contributed by atoms with Crippen LogP contribution in [0.4, 0.5) is 0 Å². The Kier molecular flexibility index (Phi) is 7.01. The van der Waals surface area contributed by atoms with Crippen molar-refractivity contribution in [2.24, 2.45) is 0 Å². The smallest absolute Gasteiger partial charge is 0.305 e. The zero-order valence-corrected chi connectivity index (χ0v) is 11.4. The number of carbonyl (C=O) groups is 2. The van der Waals surface area contributed by atoms with Gasteiger partial charge in [0.25, 0.3) is 0 Å². The molecule has 5 nitrogen and oxygen atoms in total. The fourth-order valence-electron chi connectivity index (χ4n) is 1.27. The molecular weight excluding hydrogens is 234 g/mol. The van der Waals surface area contributed by atoms with Gasteiger partial charge in [-0.05, 0) is 33.3 Å². The van der Waals surface area contributed by atoms with E-state index in [1.165, 1.54) is 12.2 Å². The maximum atomic E-state index is 11.1. The van der Waals surface area contributed by atoms with Gasteiger partial charge in [0, 0.05) is 6.42 Å². The molecule has 0 aromatic heterocycles. The molecule has 1 unspecified atom stereocenters. The van der Waals surface area contributed by atoms with E-state index in [-0.39, 0.29) is 12.4 Å². The van der Waals surface area contributed by atoms with Crippen molar-refractivity contribution in [3.8, 4) is 0 Å². The first-order valence-electron chi connectivity index (χ1n) is 5.69. The Bertz CT molecular complexity index is 326. The molecule has 0 saturated carbocycles. The molecule has 0 spiro atoms. The van der Waals surface area contributed by atoms with Crippen molar-refractivity contribution in [2.75, 3.05) is 7.11 Å². The largest absolute Gasteiger partial charge is 0.469 e. The van der Waals surface area contributed by atoms with Crippen molar-refractivity contribution in [2.45, 2.75) is 45.3 Å². The summed E-state index contributed by atoms with van der Waals surface area (Å²) in [5.41, 5.74) is 2.10. The van der Waals surface area contributed by atoms with E-state index in [0.29, 0.717) is 12.8 Å². The standard InChI is InChI=1S/C13H21NO4/c1-6-7-11(8-9-12(16)17-5)14(10-15)18-13(2,3)4/h7,10-11H,1,8-9H2,2-5H3. The lowest BCUT2D eigenvalue weighted by molar-refractivity contribution is -0.227. The maximum absolute atomic E-state index is 11.1. The lowest BCUT2D eigenvalue weighted by atomic mass is 10.1. The van der Waals surface area contributed by atoms with Crippen molar-refractivity contribution < 1.29 is 19.2 Å². The molecule has 0 aromatic carbocycles. The van der Waals surface area contributed by atoms with Crippen LogP contribution in [-0.4, -0.2) is 36.2 Å². The maximum Gasteiger partial charge on any atom is 0.305 e. The molecule has 1 atom stereocenters. The van der Waals surface area contributed by atoms with Gasteiger partial charge in [-0.25, -0.2) is 5.06 Å². The van der Waals surface area contributed by atoms with Gasteiger partial charge in [-0.15, -0.1) is 5.73 Å². The normalized spacial score (nSPS) is 12.2. The van der Waals surface area contributed by atoms with Crippen molar-refractivity contribution in [3.05, 3.63) is 18.4 Å². The third-order valence-electron chi connectivity index (χ3n) is 1.99. The molecule has 0 radical (unpaired) electrons. The summed E-state index contributed by atoms with van der Waals surface area (Å²) in [6, 6.07) is -0.390. The van der Waals surface area contributed by atoms with E-state index >= 15 is 0 Å². The number of ether oxygens (including phenoxy) is 1. The molecule has 0 saturated heterocycles. The van der Waals surface area contributed by atoms with Crippen LogP contribution in [0.15, 0.2) is 18.4 Å². The molecule has 18 heavy (non-hydrogen) atoms. The van der Waals surface area contributed by atoms with Gasteiger partial charge in [0.15, 0.2) is 0 Å². The second-order valence-corrected chi connectivity index (χ2v) is 4.72. The summed E-state index contributed by atoms with van der Waals surface area (Å²) in [6.45, 7) is 8.96. The van der Waals surface area contributed by atoms with Gasteiger partial charge < -0.3 is 4.74 Å². The van der Waals surface area contributed by atoms with E-state index < -0.39 is 11.6 Å². The number of hydrogen-bond acceptors (Lipinski definition) is 4. The number of hydrogen-bond donors (Lipinski definition) is 0. The minimum atomic E-state index is -0.501. The zero-order chi connectivity index (χ0) is 14.2. The van der Waals surface area contributed by atoms with Crippen LogP contribution in [0.2, 0.25) is 0 Å². The van der Waals surface area contributed by atoms with Crippen LogP contribution < -0.4 is 0 Å². The Morgan fingerprint density at radius 1 is 1.50 bits per heavy atom. The summed E-state index contributed by atoms with van der Waals surface area (Å²) in [5, 5.41) is 1.17. The SMILES string of the molecule is C=C=CC(CCC(=O)OC)N(C=O)OC(C)(C)C. The molecular formula is C13H21NO4. The number of rotatable bonds is 7. The third kappa shape index (κ3) is 6.89. The first kappa shape index (κ1) is 16.4. The van der Waals surface area contributed by atoms with Crippen LogP contribution in [0.25, 0.3) is 0 Å². The van der Waals surface area contributed by atoms with Gasteiger partial charge in [0.2, 0.25) is 6.41 Å². The summed E-state index contributed by atoms with van der Waals surface area (Å²) >= 11 is 0. The molecule has 0 N–H and O–H groups in total. The van der Waals surface area contributed by atoms with E-state index in [1.54, 1.807) is 6.08 Å². The number of hydroxylamine groups is 2. The van der Waals surface area contributed by atoms with Crippen LogP contribution in [-0.2, 0) is 19.2 Å². The summed E-state index contributed by atoms with van der Waals surface area (Å²) in [7, 11) is 1.32. The van der Waals surface area contributed by atoms with Gasteiger partial charge in [0.05, 0.1) is 18.8 Å². The van der Waals surface area contributed by atoms with Gasteiger partial charge in [-0.1, -0.05) is 6.58 Å². The fourth-order valence-corrected chi connectivity index (χ4v) is 1.27. The highest BCUT2D eigenvalue weighted by atomic mass is 16.7. The van der Waals surface area contributed by atoms with E-state index in [4.69, 9.17) is 4.84 Å². The average Bonchev–Trinajstić information content (AvgIpc) is 2.30. The Morgan fingerprint density at radius 3 is 2.50 bits per heavy atom. The van der Waals surface area contributed by atoms with Gasteiger partial charge in [-0.2, -0.15) is 0 Å². The Balaban J connectivity index is 4.68. The number of methoxy groups -OCH3 is 1. The minimum absolute atomic E-state index is 0.192. The lowest BCUT2D eigenvalue weighted by Crippen LogP contribution is -2.39. The zero-order valence-electron chi connectivity index (χ0n) is 11.4. The highest BCUT2D eigenvalue weighted by molar-refractivity contribution is 5.69. The molecule has 0 aromatic rings. The van der Waals surface area contributed by atoms with Gasteiger partial charge >= 0.3 is 5.97 Å². The lowest BCUT2D eigenvalue weighted by Gasteiger charge is -2.31. The summed E-state index contributed by atoms with van der Waals surface area (Å²) in [5.74, 6) is -0.334. The van der Waals surface area contributed by atoms with E-state index in [2.05, 4.69) is 17.0 Å². The topological polar surface area (TPSA) is 55.8 Å². The Morgan fingerprint density at radius 2 is 2.11 bits per heavy atom. The molecule has 0 aliphatic carbocycles. The minimum Gasteiger partial charge on any atom is -0.469 e. The van der Waals surface area contributed by atoms with E-state index in [1.807, 2.05) is 20.8 Å². The molecule has 102 valence electrons. The van der Waals surface area contributed by atoms with Crippen LogP contribution in [0.5, 0.6) is 0 Å². The first-order chi connectivity index (χ1) is 8.34. The molecule has 0 fully saturated rings. The van der Waals surface area contributed by atoms with E-state index in [0.717, 1.165) is 0 Å². The number of amides is 1. The third-order valence-corrected chi connectivity index (χ3v) is 1.99. The quantitative estimate of drug-likeness (QED) is 0.301. The number of nitrogens with zero attached hydrogens (tertiary/aromatic N) is 1. The van der Waals surface area contributed by atoms with Crippen molar-refractivity contribution in [1.82, 2.24) is 5.06 Å². The van der Waals surface area contributed by atoms with Crippen LogP contribution in [0.1, 0.15) is 33.6 Å². The second kappa shape index (κ2) is 7.69. The summed E-state index contributed by atoms with van der Waals surface area (Å²) in [4.78, 5) is 27.6. The fraction of sp³-hybridized carbons (Fsp3) is 0.615. The molecule has 5 heteroatoms. The molecule has 0 heterocycles. The molecule has 0 aliphatic rings. The monoisotopic (exact) mass is 255 g/mol. The van der Waals surface area contributed by atoms with Crippen molar-refractivity contribution in [1.29, 1.82) is 0 Å². The van der Waals surface area contributed by atoms with Crippen LogP contribution in [0.3, 0.4) is 0 Å². The van der Waals surface area contributed by atoms with Crippen molar-refractivity contribution >= 4 is 12.4 Å². The number of esters is 1. The highest BCUT2D eigenvalue weighted by Gasteiger charge is 2.22. The average molecular weight is 255 g/mol. The summed E-state index contributed by atoms with van der Waals surface area (Å²) < 4.78 is 4.56. The first-order valence-corrected chi connectivity index (χ1v) is 5.69. The molecule has 0 rings (SSSR count). The predicted octanol–water partition coefficient (Wildman–Crippen LogP) is 1.84.